The molecule has 4 heteroatoms. The van der Waals surface area contributed by atoms with Gasteiger partial charge < -0.3 is 0 Å². The van der Waals surface area contributed by atoms with Gasteiger partial charge >= 0.3 is 0 Å². The molecule has 0 radical (unpaired) electrons. The van der Waals surface area contributed by atoms with Gasteiger partial charge in [0.2, 0.25) is 0 Å². The van der Waals surface area contributed by atoms with Crippen LogP contribution in [-0.2, 0) is 0 Å². The second-order valence-electron chi connectivity index (χ2n) is 14.4. The lowest BCUT2D eigenvalue weighted by Crippen LogP contribution is -2.50. The standard InChI is InChI=1S/C49H35N3Si/c1-53(2)45-40-21-9-7-17-34(40)30-31-42(45)41-24-13-25-44(46(41)53)49-51-47(50-48(52-49)43-22-11-10-20-39(43)32-14-4-3-5-15-32)36-28-26-35(27-29-36)38-23-12-18-33-16-6-8-19-37(33)38/h3-31H,1-2H3. The topological polar surface area (TPSA) is 38.7 Å². The maximum Gasteiger partial charge on any atom is 0.164 e. The van der Waals surface area contributed by atoms with E-state index in [0.717, 1.165) is 33.4 Å². The molecule has 0 aliphatic carbocycles. The summed E-state index contributed by atoms with van der Waals surface area (Å²) in [5, 5.41) is 7.99. The molecule has 250 valence electrons. The molecule has 10 rings (SSSR count). The Morgan fingerprint density at radius 1 is 0.302 bits per heavy atom. The van der Waals surface area contributed by atoms with Crippen molar-refractivity contribution < 1.29 is 0 Å². The molecule has 53 heavy (non-hydrogen) atoms. The Kier molecular flexibility index (Phi) is 7.27. The van der Waals surface area contributed by atoms with Gasteiger partial charge in [0, 0.05) is 16.7 Å². The fourth-order valence-electron chi connectivity index (χ4n) is 8.50. The molecule has 1 aliphatic heterocycles. The summed E-state index contributed by atoms with van der Waals surface area (Å²) in [6.45, 7) is 4.96. The summed E-state index contributed by atoms with van der Waals surface area (Å²) in [4.78, 5) is 15.9. The quantitative estimate of drug-likeness (QED) is 0.168. The van der Waals surface area contributed by atoms with Crippen molar-refractivity contribution in [3.8, 4) is 67.5 Å². The summed E-state index contributed by atoms with van der Waals surface area (Å²) < 4.78 is 0. The highest BCUT2D eigenvalue weighted by Crippen LogP contribution is 2.38. The first kappa shape index (κ1) is 31.3. The van der Waals surface area contributed by atoms with E-state index in [0.29, 0.717) is 17.5 Å². The van der Waals surface area contributed by atoms with E-state index in [1.807, 2.05) is 0 Å². The Morgan fingerprint density at radius 3 is 1.58 bits per heavy atom. The van der Waals surface area contributed by atoms with Crippen molar-refractivity contribution in [2.45, 2.75) is 13.1 Å². The Hall–Kier alpha value is -6.49. The van der Waals surface area contributed by atoms with Crippen LogP contribution in [0.5, 0.6) is 0 Å². The summed E-state index contributed by atoms with van der Waals surface area (Å²) >= 11 is 0. The van der Waals surface area contributed by atoms with Gasteiger partial charge in [0.25, 0.3) is 0 Å². The van der Waals surface area contributed by atoms with E-state index < -0.39 is 8.07 Å². The maximum atomic E-state index is 5.35. The smallest absolute Gasteiger partial charge is 0.164 e. The summed E-state index contributed by atoms with van der Waals surface area (Å²) in [6.07, 6.45) is 0. The van der Waals surface area contributed by atoms with E-state index in [9.17, 15) is 0 Å². The largest absolute Gasteiger partial charge is 0.208 e. The van der Waals surface area contributed by atoms with Crippen molar-refractivity contribution in [1.82, 2.24) is 15.0 Å². The first-order chi connectivity index (χ1) is 26.0. The van der Waals surface area contributed by atoms with Crippen LogP contribution in [0.1, 0.15) is 0 Å². The molecule has 1 aliphatic rings. The van der Waals surface area contributed by atoms with Crippen molar-refractivity contribution in [3.05, 3.63) is 176 Å². The van der Waals surface area contributed by atoms with Gasteiger partial charge in [-0.2, -0.15) is 0 Å². The zero-order valence-corrected chi connectivity index (χ0v) is 30.6. The lowest BCUT2D eigenvalue weighted by atomic mass is 9.97. The number of hydrogen-bond donors (Lipinski definition) is 0. The molecule has 0 saturated heterocycles. The second kappa shape index (κ2) is 12.3. The van der Waals surface area contributed by atoms with Crippen LogP contribution < -0.4 is 10.4 Å². The van der Waals surface area contributed by atoms with Crippen LogP contribution >= 0.6 is 0 Å². The third kappa shape index (κ3) is 5.14. The summed E-state index contributed by atoms with van der Waals surface area (Å²) in [6, 6.07) is 62.7. The van der Waals surface area contributed by atoms with Crippen LogP contribution in [0.4, 0.5) is 0 Å². The lowest BCUT2D eigenvalue weighted by molar-refractivity contribution is 1.08. The van der Waals surface area contributed by atoms with Gasteiger partial charge in [0.15, 0.2) is 17.5 Å². The predicted octanol–water partition coefficient (Wildman–Crippen LogP) is 11.3. The van der Waals surface area contributed by atoms with E-state index in [1.54, 1.807) is 0 Å². The molecule has 0 N–H and O–H groups in total. The molecule has 1 aromatic heterocycles. The molecule has 0 spiro atoms. The van der Waals surface area contributed by atoms with Crippen LogP contribution in [0.2, 0.25) is 13.1 Å². The van der Waals surface area contributed by atoms with E-state index in [2.05, 4.69) is 189 Å². The van der Waals surface area contributed by atoms with Crippen LogP contribution in [0.25, 0.3) is 89.1 Å². The third-order valence-electron chi connectivity index (χ3n) is 10.9. The molecule has 0 saturated carbocycles. The molecule has 0 fully saturated rings. The monoisotopic (exact) mass is 693 g/mol. The zero-order valence-electron chi connectivity index (χ0n) is 29.6. The molecule has 0 atom stereocenters. The third-order valence-corrected chi connectivity index (χ3v) is 14.5. The first-order valence-electron chi connectivity index (χ1n) is 18.2. The first-order valence-corrected chi connectivity index (χ1v) is 21.2. The number of nitrogens with zero attached hydrogens (tertiary/aromatic N) is 3. The van der Waals surface area contributed by atoms with Gasteiger partial charge in [-0.1, -0.05) is 189 Å². The molecular formula is C49H35N3Si. The lowest BCUT2D eigenvalue weighted by Gasteiger charge is -2.23. The van der Waals surface area contributed by atoms with Gasteiger partial charge in [-0.05, 0) is 65.3 Å². The fraction of sp³-hybridized carbons (Fsp3) is 0.0408. The summed E-state index contributed by atoms with van der Waals surface area (Å²) in [5.41, 5.74) is 10.3. The van der Waals surface area contributed by atoms with E-state index in [-0.39, 0.29) is 0 Å². The average molecular weight is 694 g/mol. The zero-order chi connectivity index (χ0) is 35.5. The summed E-state index contributed by atoms with van der Waals surface area (Å²) in [5.74, 6) is 2.04. The van der Waals surface area contributed by atoms with Gasteiger partial charge in [-0.15, -0.1) is 0 Å². The molecule has 3 nitrogen and oxygen atoms in total. The highest BCUT2D eigenvalue weighted by molar-refractivity contribution is 7.05. The maximum absolute atomic E-state index is 5.35. The fourth-order valence-corrected chi connectivity index (χ4v) is 12.3. The van der Waals surface area contributed by atoms with E-state index in [1.165, 1.54) is 48.6 Å². The van der Waals surface area contributed by atoms with Crippen LogP contribution in [0.3, 0.4) is 0 Å². The number of benzene rings is 8. The minimum atomic E-state index is -2.20. The van der Waals surface area contributed by atoms with Crippen molar-refractivity contribution >= 4 is 40.0 Å². The van der Waals surface area contributed by atoms with Gasteiger partial charge in [0.05, 0.1) is 0 Å². The predicted molar refractivity (Wildman–Crippen MR) is 224 cm³/mol. The number of rotatable bonds is 5. The molecule has 0 unspecified atom stereocenters. The van der Waals surface area contributed by atoms with E-state index >= 15 is 0 Å². The number of aromatic nitrogens is 3. The molecule has 0 bridgehead atoms. The van der Waals surface area contributed by atoms with Crippen LogP contribution in [-0.4, -0.2) is 23.0 Å². The minimum absolute atomic E-state index is 0.662. The van der Waals surface area contributed by atoms with Crippen LogP contribution in [0, 0.1) is 0 Å². The number of hydrogen-bond acceptors (Lipinski definition) is 3. The van der Waals surface area contributed by atoms with Gasteiger partial charge in [0.1, 0.15) is 8.07 Å². The molecule has 9 aromatic rings. The van der Waals surface area contributed by atoms with Crippen molar-refractivity contribution in [1.29, 1.82) is 0 Å². The second-order valence-corrected chi connectivity index (χ2v) is 18.6. The van der Waals surface area contributed by atoms with E-state index in [4.69, 9.17) is 15.0 Å². The minimum Gasteiger partial charge on any atom is -0.208 e. The molecular weight excluding hydrogens is 659 g/mol. The van der Waals surface area contributed by atoms with Gasteiger partial charge in [-0.25, -0.2) is 15.0 Å². The average Bonchev–Trinajstić information content (AvgIpc) is 3.47. The molecule has 2 heterocycles. The Morgan fingerprint density at radius 2 is 0.792 bits per heavy atom. The Labute approximate surface area is 310 Å². The summed E-state index contributed by atoms with van der Waals surface area (Å²) in [7, 11) is -2.20. The Bertz CT molecular complexity index is 2850. The van der Waals surface area contributed by atoms with Crippen molar-refractivity contribution in [3.63, 3.8) is 0 Å². The normalized spacial score (nSPS) is 12.9. The molecule has 8 aromatic carbocycles. The van der Waals surface area contributed by atoms with Crippen molar-refractivity contribution in [2.75, 3.05) is 0 Å². The Balaban J connectivity index is 1.17. The highest BCUT2D eigenvalue weighted by atomic mass is 28.3. The SMILES string of the molecule is C[Si]1(C)c2c(-c3nc(-c4ccc(-c5cccc6ccccc56)cc4)nc(-c4ccccc4-c4ccccc4)n3)cccc2-c2ccc3ccccc3c21. The molecule has 0 amide bonds. The highest BCUT2D eigenvalue weighted by Gasteiger charge is 2.41. The number of fused-ring (bicyclic) bond motifs is 6. The van der Waals surface area contributed by atoms with Gasteiger partial charge in [-0.3, -0.25) is 0 Å². The van der Waals surface area contributed by atoms with Crippen molar-refractivity contribution in [2.24, 2.45) is 0 Å². The van der Waals surface area contributed by atoms with Crippen LogP contribution in [0.15, 0.2) is 176 Å².